The van der Waals surface area contributed by atoms with E-state index < -0.39 is 6.17 Å². The van der Waals surface area contributed by atoms with Crippen LogP contribution in [0.2, 0.25) is 5.02 Å². The SMILES string of the molecule is CCC(C)(C)[C@H]1CCc2c(sc3c2C(=O)N[C@@H](c2cc(Cl)c(O)c(OC)c2)N3)C1. The van der Waals surface area contributed by atoms with Crippen molar-refractivity contribution in [3.63, 3.8) is 0 Å². The summed E-state index contributed by atoms with van der Waals surface area (Å²) in [6.45, 7) is 6.95. The predicted octanol–water partition coefficient (Wildman–Crippen LogP) is 5.51. The molecule has 1 aromatic heterocycles. The highest BCUT2D eigenvalue weighted by Gasteiger charge is 2.37. The van der Waals surface area contributed by atoms with Gasteiger partial charge in [0.05, 0.1) is 17.7 Å². The van der Waals surface area contributed by atoms with Crippen LogP contribution in [0, 0.1) is 11.3 Å². The quantitative estimate of drug-likeness (QED) is 0.593. The third kappa shape index (κ3) is 3.46. The minimum atomic E-state index is -0.426. The molecule has 29 heavy (non-hydrogen) atoms. The Balaban J connectivity index is 1.65. The number of rotatable bonds is 4. The Morgan fingerprint density at radius 2 is 2.10 bits per heavy atom. The molecule has 2 aliphatic rings. The summed E-state index contributed by atoms with van der Waals surface area (Å²) in [5.74, 6) is 0.762. The van der Waals surface area contributed by atoms with Gasteiger partial charge >= 0.3 is 0 Å². The molecule has 3 N–H and O–H groups in total. The van der Waals surface area contributed by atoms with Gasteiger partial charge in [0.15, 0.2) is 11.5 Å². The van der Waals surface area contributed by atoms with Crippen LogP contribution >= 0.6 is 22.9 Å². The molecule has 1 aliphatic carbocycles. The van der Waals surface area contributed by atoms with Crippen molar-refractivity contribution in [2.45, 2.75) is 52.6 Å². The number of phenolic OH excluding ortho intramolecular Hbond substituents is 1. The molecule has 2 aromatic rings. The normalized spacial score (nSPS) is 21.1. The molecule has 156 valence electrons. The molecule has 0 radical (unpaired) electrons. The van der Waals surface area contributed by atoms with Crippen molar-refractivity contribution < 1.29 is 14.6 Å². The first-order chi connectivity index (χ1) is 13.7. The highest BCUT2D eigenvalue weighted by molar-refractivity contribution is 7.16. The molecular formula is C22H27ClN2O3S. The smallest absolute Gasteiger partial charge is 0.256 e. The molecule has 1 amide bonds. The number of aromatic hydroxyl groups is 1. The van der Waals surface area contributed by atoms with Gasteiger partial charge in [-0.15, -0.1) is 11.3 Å². The van der Waals surface area contributed by atoms with E-state index >= 15 is 0 Å². The van der Waals surface area contributed by atoms with Crippen LogP contribution in [0.15, 0.2) is 12.1 Å². The fourth-order valence-electron chi connectivity index (χ4n) is 4.34. The summed E-state index contributed by atoms with van der Waals surface area (Å²) in [6, 6.07) is 3.34. The summed E-state index contributed by atoms with van der Waals surface area (Å²) in [6.07, 6.45) is 3.84. The molecule has 2 atom stereocenters. The summed E-state index contributed by atoms with van der Waals surface area (Å²) < 4.78 is 5.20. The van der Waals surface area contributed by atoms with Crippen LogP contribution in [-0.4, -0.2) is 18.1 Å². The monoisotopic (exact) mass is 434 g/mol. The fraction of sp³-hybridized carbons (Fsp3) is 0.500. The number of nitrogens with one attached hydrogen (secondary N) is 2. The lowest BCUT2D eigenvalue weighted by Crippen LogP contribution is -2.38. The first-order valence-electron chi connectivity index (χ1n) is 10.0. The first kappa shape index (κ1) is 20.4. The van der Waals surface area contributed by atoms with Gasteiger partial charge in [-0.2, -0.15) is 0 Å². The second-order valence-electron chi connectivity index (χ2n) is 8.59. The number of hydrogen-bond donors (Lipinski definition) is 3. The molecule has 0 saturated carbocycles. The first-order valence-corrected chi connectivity index (χ1v) is 11.2. The van der Waals surface area contributed by atoms with E-state index in [0.29, 0.717) is 11.3 Å². The van der Waals surface area contributed by atoms with E-state index in [1.165, 1.54) is 17.6 Å². The van der Waals surface area contributed by atoms with Gasteiger partial charge in [-0.05, 0) is 53.9 Å². The number of carbonyl (C=O) groups is 1. The van der Waals surface area contributed by atoms with Gasteiger partial charge in [0.2, 0.25) is 0 Å². The molecule has 4 rings (SSSR count). The average molecular weight is 435 g/mol. The number of halogens is 1. The van der Waals surface area contributed by atoms with E-state index in [-0.39, 0.29) is 22.4 Å². The van der Waals surface area contributed by atoms with Crippen molar-refractivity contribution in [3.8, 4) is 11.5 Å². The lowest BCUT2D eigenvalue weighted by atomic mass is 9.69. The highest BCUT2D eigenvalue weighted by atomic mass is 35.5. The van der Waals surface area contributed by atoms with Gasteiger partial charge in [0.1, 0.15) is 11.2 Å². The van der Waals surface area contributed by atoms with Crippen LogP contribution in [0.25, 0.3) is 0 Å². The van der Waals surface area contributed by atoms with Crippen molar-refractivity contribution in [1.82, 2.24) is 5.32 Å². The van der Waals surface area contributed by atoms with E-state index in [1.54, 1.807) is 23.5 Å². The molecule has 0 unspecified atom stereocenters. The molecule has 5 nitrogen and oxygen atoms in total. The number of thiophene rings is 1. The average Bonchev–Trinajstić information content (AvgIpc) is 3.07. The predicted molar refractivity (Wildman–Crippen MR) is 117 cm³/mol. The number of hydrogen-bond acceptors (Lipinski definition) is 5. The minimum absolute atomic E-state index is 0.0578. The molecule has 0 fully saturated rings. The van der Waals surface area contributed by atoms with E-state index in [0.717, 1.165) is 41.8 Å². The number of anilines is 1. The Hall–Kier alpha value is -1.92. The van der Waals surface area contributed by atoms with Gasteiger partial charge in [-0.25, -0.2) is 0 Å². The summed E-state index contributed by atoms with van der Waals surface area (Å²) in [5.41, 5.74) is 3.04. The molecular weight excluding hydrogens is 408 g/mol. The van der Waals surface area contributed by atoms with E-state index in [4.69, 9.17) is 16.3 Å². The van der Waals surface area contributed by atoms with Crippen LogP contribution in [0.5, 0.6) is 11.5 Å². The van der Waals surface area contributed by atoms with E-state index in [9.17, 15) is 9.90 Å². The number of methoxy groups -OCH3 is 1. The minimum Gasteiger partial charge on any atom is -0.503 e. The standard InChI is InChI=1S/C22H27ClN2O3S/c1-5-22(2,3)12-6-7-13-16(10-12)29-21-17(13)20(27)24-19(25-21)11-8-14(23)18(26)15(9-11)28-4/h8-9,12,19,25-26H,5-7,10H2,1-4H3,(H,24,27)/t12-,19+/m0/s1. The molecule has 1 aliphatic heterocycles. The van der Waals surface area contributed by atoms with Crippen LogP contribution < -0.4 is 15.4 Å². The maximum absolute atomic E-state index is 13.0. The maximum Gasteiger partial charge on any atom is 0.256 e. The fourth-order valence-corrected chi connectivity index (χ4v) is 5.91. The van der Waals surface area contributed by atoms with E-state index in [2.05, 4.69) is 31.4 Å². The number of benzene rings is 1. The second-order valence-corrected chi connectivity index (χ2v) is 10.1. The zero-order valence-electron chi connectivity index (χ0n) is 17.2. The third-order valence-electron chi connectivity index (χ3n) is 6.66. The Labute approximate surface area is 180 Å². The van der Waals surface area contributed by atoms with Crippen molar-refractivity contribution in [2.24, 2.45) is 11.3 Å². The number of fused-ring (bicyclic) bond motifs is 3. The van der Waals surface area contributed by atoms with Crippen LogP contribution in [0.1, 0.15) is 66.1 Å². The Bertz CT molecular complexity index is 969. The number of ether oxygens (including phenoxy) is 1. The third-order valence-corrected chi connectivity index (χ3v) is 8.14. The van der Waals surface area contributed by atoms with Gasteiger partial charge in [-0.1, -0.05) is 38.8 Å². The molecule has 0 spiro atoms. The zero-order chi connectivity index (χ0) is 20.9. The van der Waals surface area contributed by atoms with Crippen molar-refractivity contribution in [1.29, 1.82) is 0 Å². The number of amides is 1. The number of carbonyl (C=O) groups excluding carboxylic acids is 1. The highest BCUT2D eigenvalue weighted by Crippen LogP contribution is 2.47. The van der Waals surface area contributed by atoms with Crippen LogP contribution in [-0.2, 0) is 12.8 Å². The van der Waals surface area contributed by atoms with E-state index in [1.807, 2.05) is 0 Å². The maximum atomic E-state index is 13.0. The second kappa shape index (κ2) is 7.40. The summed E-state index contributed by atoms with van der Waals surface area (Å²) in [5, 5.41) is 17.6. The van der Waals surface area contributed by atoms with Gasteiger partial charge in [-0.3, -0.25) is 4.79 Å². The molecule has 0 saturated heterocycles. The topological polar surface area (TPSA) is 70.6 Å². The Kier molecular flexibility index (Phi) is 5.20. The number of phenols is 1. The van der Waals surface area contributed by atoms with Crippen molar-refractivity contribution in [3.05, 3.63) is 38.7 Å². The van der Waals surface area contributed by atoms with Gasteiger partial charge < -0.3 is 20.5 Å². The van der Waals surface area contributed by atoms with Crippen LogP contribution in [0.3, 0.4) is 0 Å². The molecule has 2 heterocycles. The molecule has 7 heteroatoms. The molecule has 0 bridgehead atoms. The molecule has 1 aromatic carbocycles. The van der Waals surface area contributed by atoms with Crippen LogP contribution in [0.4, 0.5) is 5.00 Å². The Morgan fingerprint density at radius 1 is 1.34 bits per heavy atom. The lowest BCUT2D eigenvalue weighted by Gasteiger charge is -2.36. The van der Waals surface area contributed by atoms with Gasteiger partial charge in [0.25, 0.3) is 5.91 Å². The van der Waals surface area contributed by atoms with Crippen molar-refractivity contribution in [2.75, 3.05) is 12.4 Å². The van der Waals surface area contributed by atoms with Gasteiger partial charge in [0, 0.05) is 4.88 Å². The zero-order valence-corrected chi connectivity index (χ0v) is 18.8. The summed E-state index contributed by atoms with van der Waals surface area (Å²) >= 11 is 7.84. The summed E-state index contributed by atoms with van der Waals surface area (Å²) in [4.78, 5) is 14.3. The summed E-state index contributed by atoms with van der Waals surface area (Å²) in [7, 11) is 1.47. The van der Waals surface area contributed by atoms with Crippen molar-refractivity contribution >= 4 is 33.8 Å². The Morgan fingerprint density at radius 3 is 2.79 bits per heavy atom. The largest absolute Gasteiger partial charge is 0.503 e. The lowest BCUT2D eigenvalue weighted by molar-refractivity contribution is 0.0934.